The van der Waals surface area contributed by atoms with E-state index in [0.29, 0.717) is 36.0 Å². The summed E-state index contributed by atoms with van der Waals surface area (Å²) in [4.78, 5) is 14.4. The fourth-order valence-electron chi connectivity index (χ4n) is 4.49. The Morgan fingerprint density at radius 1 is 1.05 bits per heavy atom. The van der Waals surface area contributed by atoms with Crippen LogP contribution in [-0.4, -0.2) is 41.7 Å². The molecule has 0 aromatic heterocycles. The van der Waals surface area contributed by atoms with Crippen LogP contribution >= 0.6 is 0 Å². The highest BCUT2D eigenvalue weighted by molar-refractivity contribution is 5.76. The van der Waals surface area contributed by atoms with Gasteiger partial charge in [0.15, 0.2) is 0 Å². The summed E-state index contributed by atoms with van der Waals surface area (Å²) in [6, 6.07) is 0. The van der Waals surface area contributed by atoms with Crippen LogP contribution in [0.4, 0.5) is 0 Å². The first-order chi connectivity index (χ1) is 9.67. The first kappa shape index (κ1) is 14.3. The SMILES string of the molecule is NCC1CCC(CC(=O)N2CC3CCC(O)C3C2)CC1. The van der Waals surface area contributed by atoms with Gasteiger partial charge in [-0.05, 0) is 62.8 Å². The highest BCUT2D eigenvalue weighted by Crippen LogP contribution is 2.39. The average molecular weight is 280 g/mol. The Kier molecular flexibility index (Phi) is 4.32. The maximum atomic E-state index is 12.4. The van der Waals surface area contributed by atoms with Crippen LogP contribution in [0.1, 0.15) is 44.9 Å². The standard InChI is InChI=1S/C16H28N2O2/c17-8-12-3-1-11(2-4-12)7-16(20)18-9-13-5-6-15(19)14(13)10-18/h11-15,19H,1-10,17H2. The van der Waals surface area contributed by atoms with Crippen LogP contribution in [0, 0.1) is 23.7 Å². The molecule has 2 saturated carbocycles. The van der Waals surface area contributed by atoms with Crippen LogP contribution in [0.3, 0.4) is 0 Å². The first-order valence-corrected chi connectivity index (χ1v) is 8.33. The molecule has 20 heavy (non-hydrogen) atoms. The summed E-state index contributed by atoms with van der Waals surface area (Å²) < 4.78 is 0. The van der Waals surface area contributed by atoms with Gasteiger partial charge in [0, 0.05) is 25.4 Å². The van der Waals surface area contributed by atoms with Crippen molar-refractivity contribution < 1.29 is 9.90 Å². The second kappa shape index (κ2) is 6.02. The molecule has 114 valence electrons. The van der Waals surface area contributed by atoms with E-state index in [0.717, 1.165) is 45.3 Å². The van der Waals surface area contributed by atoms with Crippen molar-refractivity contribution in [2.45, 2.75) is 51.0 Å². The minimum absolute atomic E-state index is 0.169. The van der Waals surface area contributed by atoms with Gasteiger partial charge >= 0.3 is 0 Å². The van der Waals surface area contributed by atoms with Gasteiger partial charge in [-0.3, -0.25) is 4.79 Å². The summed E-state index contributed by atoms with van der Waals surface area (Å²) in [5.74, 6) is 2.48. The molecule has 2 aliphatic carbocycles. The third kappa shape index (κ3) is 2.86. The molecule has 3 aliphatic rings. The fourth-order valence-corrected chi connectivity index (χ4v) is 4.49. The molecule has 0 spiro atoms. The van der Waals surface area contributed by atoms with E-state index >= 15 is 0 Å². The maximum Gasteiger partial charge on any atom is 0.222 e. The molecule has 4 heteroatoms. The topological polar surface area (TPSA) is 66.6 Å². The molecule has 1 amide bonds. The largest absolute Gasteiger partial charge is 0.393 e. The number of fused-ring (bicyclic) bond motifs is 1. The van der Waals surface area contributed by atoms with Crippen LogP contribution in [-0.2, 0) is 4.79 Å². The predicted molar refractivity (Wildman–Crippen MR) is 77.9 cm³/mol. The molecule has 3 N–H and O–H groups in total. The molecule has 1 heterocycles. The lowest BCUT2D eigenvalue weighted by atomic mass is 9.80. The molecule has 0 aromatic carbocycles. The molecule has 4 nitrogen and oxygen atoms in total. The minimum Gasteiger partial charge on any atom is -0.393 e. The molecule has 3 atom stereocenters. The Bertz CT molecular complexity index is 352. The summed E-state index contributed by atoms with van der Waals surface area (Å²) in [6.07, 6.45) is 7.28. The number of aliphatic hydroxyl groups is 1. The van der Waals surface area contributed by atoms with Crippen molar-refractivity contribution in [3.8, 4) is 0 Å². The molecular formula is C16H28N2O2. The Balaban J connectivity index is 1.46. The minimum atomic E-state index is -0.169. The van der Waals surface area contributed by atoms with Gasteiger partial charge < -0.3 is 15.7 Å². The van der Waals surface area contributed by atoms with Crippen LogP contribution in [0.15, 0.2) is 0 Å². The Labute approximate surface area is 121 Å². The molecule has 3 unspecified atom stereocenters. The number of aliphatic hydroxyl groups excluding tert-OH is 1. The third-order valence-corrected chi connectivity index (χ3v) is 5.93. The monoisotopic (exact) mass is 280 g/mol. The summed E-state index contributed by atoms with van der Waals surface area (Å²) >= 11 is 0. The number of nitrogens with zero attached hydrogens (tertiary/aromatic N) is 1. The van der Waals surface area contributed by atoms with Gasteiger partial charge in [0.1, 0.15) is 0 Å². The second-order valence-electron chi connectivity index (χ2n) is 7.19. The second-order valence-corrected chi connectivity index (χ2v) is 7.19. The zero-order chi connectivity index (χ0) is 14.1. The lowest BCUT2D eigenvalue weighted by Crippen LogP contribution is -2.33. The molecule has 0 bridgehead atoms. The number of hydrogen-bond donors (Lipinski definition) is 2. The van der Waals surface area contributed by atoms with Gasteiger partial charge in [0.25, 0.3) is 0 Å². The maximum absolute atomic E-state index is 12.4. The van der Waals surface area contributed by atoms with Crippen molar-refractivity contribution in [2.75, 3.05) is 19.6 Å². The lowest BCUT2D eigenvalue weighted by Gasteiger charge is -2.28. The van der Waals surface area contributed by atoms with E-state index in [9.17, 15) is 9.90 Å². The van der Waals surface area contributed by atoms with Gasteiger partial charge in [-0.1, -0.05) is 0 Å². The van der Waals surface area contributed by atoms with Crippen LogP contribution in [0.2, 0.25) is 0 Å². The van der Waals surface area contributed by atoms with E-state index < -0.39 is 0 Å². The third-order valence-electron chi connectivity index (χ3n) is 5.93. The van der Waals surface area contributed by atoms with Crippen molar-refractivity contribution in [3.05, 3.63) is 0 Å². The molecule has 3 rings (SSSR count). The first-order valence-electron chi connectivity index (χ1n) is 8.33. The summed E-state index contributed by atoms with van der Waals surface area (Å²) in [5, 5.41) is 9.93. The number of likely N-dealkylation sites (tertiary alicyclic amines) is 1. The van der Waals surface area contributed by atoms with Crippen molar-refractivity contribution in [1.82, 2.24) is 4.90 Å². The molecule has 1 aliphatic heterocycles. The van der Waals surface area contributed by atoms with E-state index in [4.69, 9.17) is 5.73 Å². The van der Waals surface area contributed by atoms with Gasteiger partial charge in [0.2, 0.25) is 5.91 Å². The zero-order valence-corrected chi connectivity index (χ0v) is 12.3. The normalized spacial score (nSPS) is 40.9. The quantitative estimate of drug-likeness (QED) is 0.820. The number of carbonyl (C=O) groups is 1. The Morgan fingerprint density at radius 3 is 2.40 bits per heavy atom. The summed E-state index contributed by atoms with van der Waals surface area (Å²) in [7, 11) is 0. The van der Waals surface area contributed by atoms with Crippen molar-refractivity contribution in [3.63, 3.8) is 0 Å². The summed E-state index contributed by atoms with van der Waals surface area (Å²) in [6.45, 7) is 2.48. The molecule has 0 radical (unpaired) electrons. The van der Waals surface area contributed by atoms with Crippen LogP contribution in [0.25, 0.3) is 0 Å². The van der Waals surface area contributed by atoms with Gasteiger partial charge in [-0.2, -0.15) is 0 Å². The zero-order valence-electron chi connectivity index (χ0n) is 12.3. The highest BCUT2D eigenvalue weighted by Gasteiger charge is 2.43. The lowest BCUT2D eigenvalue weighted by molar-refractivity contribution is -0.131. The average Bonchev–Trinajstić information content (AvgIpc) is 3.02. The molecule has 0 aromatic rings. The highest BCUT2D eigenvalue weighted by atomic mass is 16.3. The van der Waals surface area contributed by atoms with Gasteiger partial charge in [-0.15, -0.1) is 0 Å². The van der Waals surface area contributed by atoms with Gasteiger partial charge in [0.05, 0.1) is 6.10 Å². The van der Waals surface area contributed by atoms with Crippen molar-refractivity contribution >= 4 is 5.91 Å². The number of hydrogen-bond acceptors (Lipinski definition) is 3. The predicted octanol–water partition coefficient (Wildman–Crippen LogP) is 1.37. The smallest absolute Gasteiger partial charge is 0.222 e. The fraction of sp³-hybridized carbons (Fsp3) is 0.938. The molecule has 1 saturated heterocycles. The van der Waals surface area contributed by atoms with Crippen molar-refractivity contribution in [1.29, 1.82) is 0 Å². The van der Waals surface area contributed by atoms with Crippen LogP contribution < -0.4 is 5.73 Å². The number of amides is 1. The molecule has 3 fully saturated rings. The number of nitrogens with two attached hydrogens (primary N) is 1. The van der Waals surface area contributed by atoms with E-state index in [1.54, 1.807) is 0 Å². The van der Waals surface area contributed by atoms with Crippen LogP contribution in [0.5, 0.6) is 0 Å². The Morgan fingerprint density at radius 2 is 1.75 bits per heavy atom. The van der Waals surface area contributed by atoms with Gasteiger partial charge in [-0.25, -0.2) is 0 Å². The molecular weight excluding hydrogens is 252 g/mol. The van der Waals surface area contributed by atoms with E-state index in [1.165, 1.54) is 12.8 Å². The summed E-state index contributed by atoms with van der Waals surface area (Å²) in [5.41, 5.74) is 5.72. The van der Waals surface area contributed by atoms with Crippen molar-refractivity contribution in [2.24, 2.45) is 29.4 Å². The van der Waals surface area contributed by atoms with E-state index in [-0.39, 0.29) is 6.10 Å². The number of carbonyl (C=O) groups excluding carboxylic acids is 1. The van der Waals surface area contributed by atoms with E-state index in [2.05, 4.69) is 0 Å². The van der Waals surface area contributed by atoms with E-state index in [1.807, 2.05) is 4.90 Å². The Hall–Kier alpha value is -0.610. The number of rotatable bonds is 3.